The van der Waals surface area contributed by atoms with Gasteiger partial charge in [-0.3, -0.25) is 9.69 Å². The van der Waals surface area contributed by atoms with E-state index in [9.17, 15) is 18.0 Å². The van der Waals surface area contributed by atoms with Gasteiger partial charge in [0.2, 0.25) is 0 Å². The molecule has 0 bridgehead atoms. The molecule has 5 rings (SSSR count). The number of nitrogens with zero attached hydrogens (tertiary/aromatic N) is 2. The van der Waals surface area contributed by atoms with Crippen molar-refractivity contribution in [3.05, 3.63) is 71.3 Å². The molecule has 214 valence electrons. The Morgan fingerprint density at radius 1 is 0.875 bits per heavy atom. The predicted molar refractivity (Wildman–Crippen MR) is 154 cm³/mol. The van der Waals surface area contributed by atoms with E-state index in [0.29, 0.717) is 12.3 Å². The van der Waals surface area contributed by atoms with E-state index in [1.807, 2.05) is 12.1 Å². The van der Waals surface area contributed by atoms with Crippen LogP contribution in [-0.4, -0.2) is 43.2 Å². The van der Waals surface area contributed by atoms with E-state index >= 15 is 0 Å². The van der Waals surface area contributed by atoms with Gasteiger partial charge in [-0.25, -0.2) is 0 Å². The predicted octanol–water partition coefficient (Wildman–Crippen LogP) is 8.27. The third-order valence-corrected chi connectivity index (χ3v) is 8.62. The number of carbonyl (C=O) groups excluding carboxylic acids is 1. The minimum Gasteiger partial charge on any atom is -0.406 e. The number of hydrogen-bond acceptors (Lipinski definition) is 4. The Labute approximate surface area is 235 Å². The minimum atomic E-state index is -4.68. The number of rotatable bonds is 10. The SMILES string of the molecule is CCCCC1(CCCC)C(=O)c2cccc3c(N4CCCN(Cc5ccc(OC(F)(F)F)cc5)CC4)ccc1c23. The lowest BCUT2D eigenvalue weighted by molar-refractivity contribution is -0.274. The average Bonchev–Trinajstić information content (AvgIpc) is 3.05. The highest BCUT2D eigenvalue weighted by Gasteiger charge is 2.46. The van der Waals surface area contributed by atoms with E-state index in [1.165, 1.54) is 28.8 Å². The van der Waals surface area contributed by atoms with Crippen LogP contribution in [0.5, 0.6) is 5.75 Å². The topological polar surface area (TPSA) is 32.8 Å². The molecule has 1 aliphatic heterocycles. The summed E-state index contributed by atoms with van der Waals surface area (Å²) in [6.45, 7) is 8.58. The second kappa shape index (κ2) is 11.8. The zero-order valence-corrected chi connectivity index (χ0v) is 23.5. The lowest BCUT2D eigenvalue weighted by atomic mass is 9.72. The van der Waals surface area contributed by atoms with Gasteiger partial charge in [0.1, 0.15) is 5.75 Å². The van der Waals surface area contributed by atoms with Gasteiger partial charge in [0.05, 0.1) is 5.41 Å². The fourth-order valence-corrected chi connectivity index (χ4v) is 6.64. The molecule has 7 heteroatoms. The van der Waals surface area contributed by atoms with Gasteiger partial charge >= 0.3 is 6.36 Å². The third-order valence-electron chi connectivity index (χ3n) is 8.62. The highest BCUT2D eigenvalue weighted by Crippen LogP contribution is 2.50. The molecule has 2 aliphatic rings. The number of hydrogen-bond donors (Lipinski definition) is 0. The summed E-state index contributed by atoms with van der Waals surface area (Å²) in [6, 6.07) is 16.9. The molecule has 0 radical (unpaired) electrons. The maximum absolute atomic E-state index is 14.0. The zero-order chi connectivity index (χ0) is 28.3. The monoisotopic (exact) mass is 552 g/mol. The fraction of sp³-hybridized carbons (Fsp3) is 0.485. The van der Waals surface area contributed by atoms with Crippen molar-refractivity contribution in [2.45, 2.75) is 77.1 Å². The Bertz CT molecular complexity index is 1330. The van der Waals surface area contributed by atoms with Crippen LogP contribution in [0.25, 0.3) is 10.8 Å². The quantitative estimate of drug-likeness (QED) is 0.253. The van der Waals surface area contributed by atoms with Gasteiger partial charge in [-0.05, 0) is 54.0 Å². The van der Waals surface area contributed by atoms with Crippen LogP contribution >= 0.6 is 0 Å². The van der Waals surface area contributed by atoms with E-state index in [2.05, 4.69) is 46.6 Å². The van der Waals surface area contributed by atoms with E-state index < -0.39 is 11.8 Å². The fourth-order valence-electron chi connectivity index (χ4n) is 6.64. The number of Topliss-reactive ketones (excluding diaryl/α,β-unsaturated/α-hetero) is 1. The first-order chi connectivity index (χ1) is 19.3. The van der Waals surface area contributed by atoms with Crippen LogP contribution in [-0.2, 0) is 12.0 Å². The van der Waals surface area contributed by atoms with Crippen molar-refractivity contribution in [1.29, 1.82) is 0 Å². The van der Waals surface area contributed by atoms with Crippen LogP contribution in [0, 0.1) is 0 Å². The van der Waals surface area contributed by atoms with E-state index in [4.69, 9.17) is 0 Å². The van der Waals surface area contributed by atoms with E-state index in [-0.39, 0.29) is 5.75 Å². The summed E-state index contributed by atoms with van der Waals surface area (Å²) in [7, 11) is 0. The molecule has 0 N–H and O–H groups in total. The van der Waals surface area contributed by atoms with E-state index in [0.717, 1.165) is 87.6 Å². The van der Waals surface area contributed by atoms with Crippen molar-refractivity contribution < 1.29 is 22.7 Å². The number of ether oxygens (including phenoxy) is 1. The summed E-state index contributed by atoms with van der Waals surface area (Å²) in [5.41, 5.74) is 3.86. The van der Waals surface area contributed by atoms with Crippen molar-refractivity contribution >= 4 is 22.2 Å². The molecule has 0 amide bonds. The molecule has 1 saturated heterocycles. The Balaban J connectivity index is 1.35. The van der Waals surface area contributed by atoms with Gasteiger partial charge in [0.25, 0.3) is 0 Å². The Morgan fingerprint density at radius 2 is 1.60 bits per heavy atom. The van der Waals surface area contributed by atoms with Crippen molar-refractivity contribution in [2.75, 3.05) is 31.1 Å². The molecule has 0 unspecified atom stereocenters. The molecule has 3 aromatic rings. The largest absolute Gasteiger partial charge is 0.573 e. The van der Waals surface area contributed by atoms with Crippen LogP contribution in [0.15, 0.2) is 54.6 Å². The number of unbranched alkanes of at least 4 members (excludes halogenated alkanes) is 2. The number of anilines is 1. The summed E-state index contributed by atoms with van der Waals surface area (Å²) in [6.07, 6.45) is 2.37. The molecule has 0 atom stereocenters. The van der Waals surface area contributed by atoms with Crippen LogP contribution in [0.3, 0.4) is 0 Å². The van der Waals surface area contributed by atoms with Crippen LogP contribution in [0.2, 0.25) is 0 Å². The van der Waals surface area contributed by atoms with Crippen molar-refractivity contribution in [3.8, 4) is 5.75 Å². The molecule has 1 heterocycles. The van der Waals surface area contributed by atoms with Gasteiger partial charge in [-0.15, -0.1) is 13.2 Å². The van der Waals surface area contributed by atoms with Gasteiger partial charge in [0.15, 0.2) is 5.78 Å². The molecule has 0 spiro atoms. The Hall–Kier alpha value is -3.06. The number of benzene rings is 3. The third kappa shape index (κ3) is 5.71. The lowest BCUT2D eigenvalue weighted by Crippen LogP contribution is -2.32. The van der Waals surface area contributed by atoms with Crippen LogP contribution in [0.4, 0.5) is 18.9 Å². The average molecular weight is 553 g/mol. The molecule has 40 heavy (non-hydrogen) atoms. The molecular weight excluding hydrogens is 513 g/mol. The van der Waals surface area contributed by atoms with Crippen LogP contribution < -0.4 is 9.64 Å². The molecule has 4 nitrogen and oxygen atoms in total. The molecule has 0 saturated carbocycles. The lowest BCUT2D eigenvalue weighted by Gasteiger charge is -2.30. The first-order valence-corrected chi connectivity index (χ1v) is 14.7. The summed E-state index contributed by atoms with van der Waals surface area (Å²) < 4.78 is 41.5. The molecule has 3 aromatic carbocycles. The van der Waals surface area contributed by atoms with Crippen molar-refractivity contribution in [1.82, 2.24) is 4.90 Å². The molecule has 1 aliphatic carbocycles. The Kier molecular flexibility index (Phi) is 8.41. The molecule has 0 aromatic heterocycles. The van der Waals surface area contributed by atoms with Gasteiger partial charge < -0.3 is 9.64 Å². The number of ketones is 1. The summed E-state index contributed by atoms with van der Waals surface area (Å²) in [5, 5.41) is 2.33. The number of carbonyl (C=O) groups is 1. The maximum Gasteiger partial charge on any atom is 0.573 e. The molecule has 1 fully saturated rings. The van der Waals surface area contributed by atoms with Crippen molar-refractivity contribution in [2.24, 2.45) is 0 Å². The summed E-state index contributed by atoms with van der Waals surface area (Å²) >= 11 is 0. The smallest absolute Gasteiger partial charge is 0.406 e. The van der Waals surface area contributed by atoms with Crippen molar-refractivity contribution in [3.63, 3.8) is 0 Å². The van der Waals surface area contributed by atoms with Gasteiger partial charge in [0, 0.05) is 49.4 Å². The normalized spacial score (nSPS) is 17.4. The maximum atomic E-state index is 14.0. The highest BCUT2D eigenvalue weighted by atomic mass is 19.4. The number of halogens is 3. The second-order valence-electron chi connectivity index (χ2n) is 11.3. The summed E-state index contributed by atoms with van der Waals surface area (Å²) in [5.74, 6) is 0.109. The zero-order valence-electron chi connectivity index (χ0n) is 23.5. The summed E-state index contributed by atoms with van der Waals surface area (Å²) in [4.78, 5) is 18.8. The minimum absolute atomic E-state index is 0.197. The van der Waals surface area contributed by atoms with Gasteiger partial charge in [-0.1, -0.05) is 75.9 Å². The van der Waals surface area contributed by atoms with Crippen LogP contribution in [0.1, 0.15) is 80.3 Å². The second-order valence-corrected chi connectivity index (χ2v) is 11.3. The highest BCUT2D eigenvalue weighted by molar-refractivity contribution is 6.22. The van der Waals surface area contributed by atoms with E-state index in [1.54, 1.807) is 12.1 Å². The molecular formula is C33H39F3N2O2. The Morgan fingerprint density at radius 3 is 2.27 bits per heavy atom. The first-order valence-electron chi connectivity index (χ1n) is 14.7. The van der Waals surface area contributed by atoms with Gasteiger partial charge in [-0.2, -0.15) is 0 Å². The first kappa shape index (κ1) is 28.5. The standard InChI is InChI=1S/C33H39F3N2O2/c1-3-5-17-32(18-6-4-2)28-15-16-29(26-9-7-10-27(30(26)28)31(32)39)38-20-8-19-37(21-22-38)23-24-11-13-25(14-12-24)40-33(34,35)36/h7,9-16H,3-6,8,17-23H2,1-2H3. The number of alkyl halides is 3.